The van der Waals surface area contributed by atoms with E-state index in [1.54, 1.807) is 5.56 Å². The molecular weight excluding hydrogens is 312 g/mol. The van der Waals surface area contributed by atoms with Gasteiger partial charge in [0.05, 0.1) is 0 Å². The second-order valence-electron chi connectivity index (χ2n) is 8.33. The van der Waals surface area contributed by atoms with Gasteiger partial charge in [-0.25, -0.2) is 4.79 Å². The molecule has 1 aliphatic carbocycles. The van der Waals surface area contributed by atoms with Gasteiger partial charge in [-0.05, 0) is 42.6 Å². The average Bonchev–Trinajstić information content (AvgIpc) is 2.62. The SMILES string of the molecule is CC(C)(C)CCCCCC(=O)OO.c1ccc(C2CCCCC2)cc1. The van der Waals surface area contributed by atoms with Crippen LogP contribution in [-0.4, -0.2) is 11.2 Å². The van der Waals surface area contributed by atoms with Crippen molar-refractivity contribution in [3.8, 4) is 0 Å². The van der Waals surface area contributed by atoms with Crippen molar-refractivity contribution >= 4 is 5.97 Å². The Balaban J connectivity index is 0.000000250. The number of hydrogen-bond acceptors (Lipinski definition) is 3. The quantitative estimate of drug-likeness (QED) is 0.352. The first-order valence-corrected chi connectivity index (χ1v) is 9.81. The van der Waals surface area contributed by atoms with Crippen molar-refractivity contribution in [3.05, 3.63) is 35.9 Å². The van der Waals surface area contributed by atoms with E-state index in [1.807, 2.05) is 0 Å². The summed E-state index contributed by atoms with van der Waals surface area (Å²) in [5, 5.41) is 7.97. The molecule has 0 spiro atoms. The molecule has 0 amide bonds. The maximum atomic E-state index is 10.5. The van der Waals surface area contributed by atoms with Crippen LogP contribution in [0.3, 0.4) is 0 Å². The Morgan fingerprint density at radius 3 is 2.24 bits per heavy atom. The summed E-state index contributed by atoms with van der Waals surface area (Å²) in [7, 11) is 0. The number of hydrogen-bond donors (Lipinski definition) is 1. The molecule has 0 bridgehead atoms. The fraction of sp³-hybridized carbons (Fsp3) is 0.682. The normalized spacial score (nSPS) is 15.2. The Morgan fingerprint density at radius 2 is 1.68 bits per heavy atom. The summed E-state index contributed by atoms with van der Waals surface area (Å²) in [5.41, 5.74) is 1.93. The summed E-state index contributed by atoms with van der Waals surface area (Å²) in [5.74, 6) is 0.329. The zero-order valence-corrected chi connectivity index (χ0v) is 16.3. The minimum Gasteiger partial charge on any atom is -0.301 e. The molecule has 1 aromatic carbocycles. The van der Waals surface area contributed by atoms with Gasteiger partial charge in [-0.3, -0.25) is 0 Å². The smallest absolute Gasteiger partial charge is 0.301 e. The molecule has 142 valence electrons. The Kier molecular flexibility index (Phi) is 10.5. The van der Waals surface area contributed by atoms with E-state index in [-0.39, 0.29) is 0 Å². The molecule has 1 aliphatic rings. The third-order valence-electron chi connectivity index (χ3n) is 4.79. The predicted molar refractivity (Wildman–Crippen MR) is 104 cm³/mol. The van der Waals surface area contributed by atoms with Crippen LogP contribution in [0, 0.1) is 5.41 Å². The number of unbranched alkanes of at least 4 members (excludes halogenated alkanes) is 2. The van der Waals surface area contributed by atoms with Crippen LogP contribution in [0.15, 0.2) is 30.3 Å². The van der Waals surface area contributed by atoms with Crippen LogP contribution in [0.2, 0.25) is 0 Å². The molecule has 0 saturated heterocycles. The molecule has 1 fully saturated rings. The lowest BCUT2D eigenvalue weighted by Crippen LogP contribution is -2.04. The van der Waals surface area contributed by atoms with Crippen LogP contribution in [0.1, 0.15) is 96.5 Å². The van der Waals surface area contributed by atoms with Crippen LogP contribution in [0.5, 0.6) is 0 Å². The molecule has 0 radical (unpaired) electrons. The van der Waals surface area contributed by atoms with Crippen LogP contribution in [0.25, 0.3) is 0 Å². The average molecular weight is 349 g/mol. The molecule has 2 rings (SSSR count). The van der Waals surface area contributed by atoms with E-state index in [2.05, 4.69) is 56.0 Å². The summed E-state index contributed by atoms with van der Waals surface area (Å²) in [4.78, 5) is 14.1. The number of carbonyl (C=O) groups excluding carboxylic acids is 1. The second kappa shape index (κ2) is 12.1. The molecule has 3 nitrogen and oxygen atoms in total. The number of benzene rings is 1. The Labute approximate surface area is 153 Å². The molecule has 0 aliphatic heterocycles. The maximum Gasteiger partial charge on any atom is 0.342 e. The minimum absolute atomic E-state index is 0.320. The summed E-state index contributed by atoms with van der Waals surface area (Å²) in [6.45, 7) is 6.61. The zero-order chi connectivity index (χ0) is 18.5. The van der Waals surface area contributed by atoms with Gasteiger partial charge in [0.25, 0.3) is 0 Å². The highest BCUT2D eigenvalue weighted by atomic mass is 17.1. The molecule has 25 heavy (non-hydrogen) atoms. The first kappa shape index (κ1) is 21.7. The monoisotopic (exact) mass is 348 g/mol. The second-order valence-corrected chi connectivity index (χ2v) is 8.33. The van der Waals surface area contributed by atoms with Crippen molar-refractivity contribution in [3.63, 3.8) is 0 Å². The summed E-state index contributed by atoms with van der Waals surface area (Å²) < 4.78 is 0. The van der Waals surface area contributed by atoms with Crippen LogP contribution < -0.4 is 0 Å². The summed E-state index contributed by atoms with van der Waals surface area (Å²) in [6.07, 6.45) is 11.6. The van der Waals surface area contributed by atoms with E-state index in [0.717, 1.165) is 25.2 Å². The number of rotatable bonds is 6. The first-order chi connectivity index (χ1) is 11.9. The van der Waals surface area contributed by atoms with E-state index in [1.165, 1.54) is 38.5 Å². The molecule has 3 heteroatoms. The molecule has 1 N–H and O–H groups in total. The van der Waals surface area contributed by atoms with Gasteiger partial charge in [0.15, 0.2) is 0 Å². The van der Waals surface area contributed by atoms with Crippen molar-refractivity contribution in [2.24, 2.45) is 5.41 Å². The van der Waals surface area contributed by atoms with Gasteiger partial charge >= 0.3 is 5.97 Å². The van der Waals surface area contributed by atoms with Crippen molar-refractivity contribution < 1.29 is 14.9 Å². The molecule has 0 aromatic heterocycles. The Bertz CT molecular complexity index is 456. The third kappa shape index (κ3) is 11.0. The van der Waals surface area contributed by atoms with Crippen molar-refractivity contribution in [2.45, 2.75) is 90.9 Å². The maximum absolute atomic E-state index is 10.5. The third-order valence-corrected chi connectivity index (χ3v) is 4.79. The van der Waals surface area contributed by atoms with Gasteiger partial charge in [0, 0.05) is 6.42 Å². The van der Waals surface area contributed by atoms with Gasteiger partial charge in [-0.15, -0.1) is 0 Å². The van der Waals surface area contributed by atoms with E-state index >= 15 is 0 Å². The predicted octanol–water partition coefficient (Wildman–Crippen LogP) is 6.73. The fourth-order valence-electron chi connectivity index (χ4n) is 3.31. The highest BCUT2D eigenvalue weighted by Gasteiger charge is 2.14. The van der Waals surface area contributed by atoms with Gasteiger partial charge < -0.3 is 4.89 Å². The lowest BCUT2D eigenvalue weighted by atomic mass is 9.84. The van der Waals surface area contributed by atoms with Crippen LogP contribution in [0.4, 0.5) is 0 Å². The van der Waals surface area contributed by atoms with Crippen LogP contribution >= 0.6 is 0 Å². The first-order valence-electron chi connectivity index (χ1n) is 9.81. The van der Waals surface area contributed by atoms with Gasteiger partial charge in [-0.1, -0.05) is 83.2 Å². The summed E-state index contributed by atoms with van der Waals surface area (Å²) >= 11 is 0. The van der Waals surface area contributed by atoms with Crippen LogP contribution in [-0.2, 0) is 9.68 Å². The highest BCUT2D eigenvalue weighted by Crippen LogP contribution is 2.32. The molecule has 1 saturated carbocycles. The molecular formula is C22H36O3. The largest absolute Gasteiger partial charge is 0.342 e. The van der Waals surface area contributed by atoms with Crippen molar-refractivity contribution in [2.75, 3.05) is 0 Å². The van der Waals surface area contributed by atoms with E-state index in [0.29, 0.717) is 11.8 Å². The van der Waals surface area contributed by atoms with E-state index in [4.69, 9.17) is 5.26 Å². The Hall–Kier alpha value is -1.35. The summed E-state index contributed by atoms with van der Waals surface area (Å²) in [6, 6.07) is 11.0. The minimum atomic E-state index is -0.532. The topological polar surface area (TPSA) is 46.5 Å². The Morgan fingerprint density at radius 1 is 1.04 bits per heavy atom. The van der Waals surface area contributed by atoms with E-state index < -0.39 is 5.97 Å². The number of carbonyl (C=O) groups is 1. The van der Waals surface area contributed by atoms with E-state index in [9.17, 15) is 4.79 Å². The fourth-order valence-corrected chi connectivity index (χ4v) is 3.31. The van der Waals surface area contributed by atoms with Crippen molar-refractivity contribution in [1.29, 1.82) is 0 Å². The molecule has 0 unspecified atom stereocenters. The standard InChI is InChI=1S/C12H16.C10H20O3/c1-3-7-11(8-4-1)12-9-5-2-6-10-12;1-10(2,3)8-6-4-5-7-9(11)13-12/h1,3-4,7-8,12H,2,5-6,9-10H2;12H,4-8H2,1-3H3. The van der Waals surface area contributed by atoms with Crippen molar-refractivity contribution in [1.82, 2.24) is 0 Å². The van der Waals surface area contributed by atoms with Gasteiger partial charge in [0.1, 0.15) is 0 Å². The zero-order valence-electron chi connectivity index (χ0n) is 16.3. The molecule has 0 atom stereocenters. The lowest BCUT2D eigenvalue weighted by Gasteiger charge is -2.21. The lowest BCUT2D eigenvalue weighted by molar-refractivity contribution is -0.234. The van der Waals surface area contributed by atoms with Gasteiger partial charge in [-0.2, -0.15) is 5.26 Å². The molecule has 1 aromatic rings. The van der Waals surface area contributed by atoms with Gasteiger partial charge in [0.2, 0.25) is 0 Å². The molecule has 0 heterocycles. The highest BCUT2D eigenvalue weighted by molar-refractivity contribution is 5.68.